The van der Waals surface area contributed by atoms with Crippen molar-refractivity contribution in [2.24, 2.45) is 0 Å². The Bertz CT molecular complexity index is 654. The molecule has 0 radical (unpaired) electrons. The van der Waals surface area contributed by atoms with Crippen LogP contribution in [0, 0.1) is 10.5 Å². The van der Waals surface area contributed by atoms with Gasteiger partial charge >= 0.3 is 0 Å². The van der Waals surface area contributed by atoms with E-state index in [2.05, 4.69) is 71.2 Å². The lowest BCUT2D eigenvalue weighted by Crippen LogP contribution is -2.27. The van der Waals surface area contributed by atoms with Crippen LogP contribution in [0.3, 0.4) is 0 Å². The molecule has 0 amide bonds. The van der Waals surface area contributed by atoms with E-state index in [1.54, 1.807) is 7.11 Å². The molecule has 1 N–H and O–H groups in total. The van der Waals surface area contributed by atoms with Gasteiger partial charge in [0.2, 0.25) is 0 Å². The van der Waals surface area contributed by atoms with Crippen molar-refractivity contribution in [1.82, 2.24) is 0 Å². The van der Waals surface area contributed by atoms with E-state index in [-0.39, 0.29) is 0 Å². The zero-order chi connectivity index (χ0) is 14.8. The number of methoxy groups -OCH3 is 1. The highest BCUT2D eigenvalue weighted by Crippen LogP contribution is 2.28. The molecule has 0 aliphatic heterocycles. The average Bonchev–Trinajstić information content (AvgIpc) is 2.49. The van der Waals surface area contributed by atoms with Gasteiger partial charge in [0.1, 0.15) is 5.75 Å². The first kappa shape index (κ1) is 14.7. The third kappa shape index (κ3) is 3.34. The number of hydrogen-bond donors (Lipinski definition) is 1. The van der Waals surface area contributed by atoms with E-state index in [0.717, 1.165) is 18.6 Å². The number of halogens is 1. The number of benzene rings is 2. The Balaban J connectivity index is 1.76. The van der Waals surface area contributed by atoms with Gasteiger partial charge in [-0.25, -0.2) is 0 Å². The van der Waals surface area contributed by atoms with Crippen LogP contribution in [0.2, 0.25) is 0 Å². The zero-order valence-corrected chi connectivity index (χ0v) is 14.6. The van der Waals surface area contributed by atoms with Crippen molar-refractivity contribution in [3.05, 3.63) is 56.7 Å². The minimum atomic E-state index is 0.503. The van der Waals surface area contributed by atoms with Crippen molar-refractivity contribution in [2.45, 2.75) is 32.2 Å². The van der Waals surface area contributed by atoms with E-state index in [1.165, 1.54) is 32.4 Å². The van der Waals surface area contributed by atoms with Gasteiger partial charge in [-0.05, 0) is 95.8 Å². The van der Waals surface area contributed by atoms with Crippen LogP contribution < -0.4 is 10.1 Å². The molecule has 0 heterocycles. The van der Waals surface area contributed by atoms with Crippen LogP contribution in [-0.2, 0) is 12.8 Å². The molecule has 3 rings (SSSR count). The van der Waals surface area contributed by atoms with Crippen molar-refractivity contribution in [3.8, 4) is 5.75 Å². The van der Waals surface area contributed by atoms with Crippen LogP contribution >= 0.6 is 22.6 Å². The average molecular weight is 393 g/mol. The standard InChI is InChI=1S/C18H20INO/c1-12-9-15(19)5-8-18(12)20-16-6-3-13-4-7-17(21-2)11-14(13)10-16/h4-5,7-9,11,16,20H,3,6,10H2,1-2H3. The van der Waals surface area contributed by atoms with Gasteiger partial charge in [-0.15, -0.1) is 0 Å². The number of anilines is 1. The SMILES string of the molecule is COc1ccc2c(c1)CC(Nc1ccc(I)cc1C)CC2. The van der Waals surface area contributed by atoms with Crippen LogP contribution in [-0.4, -0.2) is 13.2 Å². The van der Waals surface area contributed by atoms with Gasteiger partial charge in [0.25, 0.3) is 0 Å². The van der Waals surface area contributed by atoms with Gasteiger partial charge in [-0.1, -0.05) is 6.07 Å². The summed E-state index contributed by atoms with van der Waals surface area (Å²) in [5.74, 6) is 0.958. The molecule has 0 bridgehead atoms. The molecule has 0 saturated heterocycles. The van der Waals surface area contributed by atoms with Crippen LogP contribution in [0.25, 0.3) is 0 Å². The Morgan fingerprint density at radius 1 is 1.14 bits per heavy atom. The van der Waals surface area contributed by atoms with Crippen molar-refractivity contribution >= 4 is 28.3 Å². The quantitative estimate of drug-likeness (QED) is 0.771. The fraction of sp³-hybridized carbons (Fsp3) is 0.333. The largest absolute Gasteiger partial charge is 0.497 e. The Labute approximate surface area is 140 Å². The highest BCUT2D eigenvalue weighted by atomic mass is 127. The summed E-state index contributed by atoms with van der Waals surface area (Å²) in [6, 6.07) is 13.5. The molecule has 0 aromatic heterocycles. The molecule has 3 heteroatoms. The second kappa shape index (κ2) is 6.26. The molecule has 1 unspecified atom stereocenters. The summed E-state index contributed by atoms with van der Waals surface area (Å²) in [5.41, 5.74) is 5.46. The molecule has 2 aromatic rings. The van der Waals surface area contributed by atoms with E-state index in [9.17, 15) is 0 Å². The molecule has 1 aliphatic carbocycles. The highest BCUT2D eigenvalue weighted by Gasteiger charge is 2.19. The summed E-state index contributed by atoms with van der Waals surface area (Å²) in [5, 5.41) is 3.71. The van der Waals surface area contributed by atoms with Gasteiger partial charge in [0.05, 0.1) is 7.11 Å². The molecule has 2 nitrogen and oxygen atoms in total. The summed E-state index contributed by atoms with van der Waals surface area (Å²) < 4.78 is 6.63. The van der Waals surface area contributed by atoms with Crippen molar-refractivity contribution in [2.75, 3.05) is 12.4 Å². The zero-order valence-electron chi connectivity index (χ0n) is 12.4. The van der Waals surface area contributed by atoms with E-state index < -0.39 is 0 Å². The van der Waals surface area contributed by atoms with Crippen molar-refractivity contribution in [3.63, 3.8) is 0 Å². The highest BCUT2D eigenvalue weighted by molar-refractivity contribution is 14.1. The minimum Gasteiger partial charge on any atom is -0.497 e. The number of rotatable bonds is 3. The van der Waals surface area contributed by atoms with Crippen LogP contribution in [0.1, 0.15) is 23.1 Å². The summed E-state index contributed by atoms with van der Waals surface area (Å²) in [6.07, 6.45) is 3.39. The van der Waals surface area contributed by atoms with E-state index in [4.69, 9.17) is 4.74 Å². The lowest BCUT2D eigenvalue weighted by atomic mass is 9.88. The van der Waals surface area contributed by atoms with E-state index in [1.807, 2.05) is 0 Å². The molecule has 1 aliphatic rings. The van der Waals surface area contributed by atoms with E-state index in [0.29, 0.717) is 6.04 Å². The predicted octanol–water partition coefficient (Wildman–Crippen LogP) is 4.58. The van der Waals surface area contributed by atoms with Crippen molar-refractivity contribution < 1.29 is 4.74 Å². The Kier molecular flexibility index (Phi) is 4.38. The molecule has 1 atom stereocenters. The number of hydrogen-bond acceptors (Lipinski definition) is 2. The second-order valence-electron chi connectivity index (χ2n) is 5.68. The first-order valence-electron chi connectivity index (χ1n) is 7.34. The maximum atomic E-state index is 5.34. The topological polar surface area (TPSA) is 21.3 Å². The number of aryl methyl sites for hydroxylation is 2. The molecule has 0 spiro atoms. The number of ether oxygens (including phenoxy) is 1. The molecule has 0 saturated carbocycles. The third-order valence-electron chi connectivity index (χ3n) is 4.19. The predicted molar refractivity (Wildman–Crippen MR) is 96.3 cm³/mol. The van der Waals surface area contributed by atoms with Crippen LogP contribution in [0.5, 0.6) is 5.75 Å². The third-order valence-corrected chi connectivity index (χ3v) is 4.86. The lowest BCUT2D eigenvalue weighted by Gasteiger charge is -2.27. The van der Waals surface area contributed by atoms with Crippen molar-refractivity contribution in [1.29, 1.82) is 0 Å². The van der Waals surface area contributed by atoms with Gasteiger partial charge in [0.15, 0.2) is 0 Å². The Hall–Kier alpha value is -1.23. The summed E-state index contributed by atoms with van der Waals surface area (Å²) in [4.78, 5) is 0. The molecular formula is C18H20INO. The molecule has 110 valence electrons. The van der Waals surface area contributed by atoms with Gasteiger partial charge in [-0.3, -0.25) is 0 Å². The smallest absolute Gasteiger partial charge is 0.119 e. The first-order valence-corrected chi connectivity index (χ1v) is 8.42. The number of nitrogens with one attached hydrogen (secondary N) is 1. The van der Waals surface area contributed by atoms with Crippen LogP contribution in [0.4, 0.5) is 5.69 Å². The normalized spacial score (nSPS) is 17.2. The first-order chi connectivity index (χ1) is 10.2. The van der Waals surface area contributed by atoms with Crippen LogP contribution in [0.15, 0.2) is 36.4 Å². The van der Waals surface area contributed by atoms with Gasteiger partial charge in [0, 0.05) is 15.3 Å². The molecule has 2 aromatic carbocycles. The fourth-order valence-corrected chi connectivity index (χ4v) is 3.64. The summed E-state index contributed by atoms with van der Waals surface area (Å²) in [6.45, 7) is 2.17. The number of fused-ring (bicyclic) bond motifs is 1. The second-order valence-corrected chi connectivity index (χ2v) is 6.92. The molecular weight excluding hydrogens is 373 g/mol. The maximum absolute atomic E-state index is 5.34. The molecule has 0 fully saturated rings. The van der Waals surface area contributed by atoms with Gasteiger partial charge in [-0.2, -0.15) is 0 Å². The fourth-order valence-electron chi connectivity index (χ4n) is 2.99. The maximum Gasteiger partial charge on any atom is 0.119 e. The lowest BCUT2D eigenvalue weighted by molar-refractivity contribution is 0.413. The van der Waals surface area contributed by atoms with E-state index >= 15 is 0 Å². The summed E-state index contributed by atoms with van der Waals surface area (Å²) in [7, 11) is 1.73. The monoisotopic (exact) mass is 393 g/mol. The minimum absolute atomic E-state index is 0.503. The summed E-state index contributed by atoms with van der Waals surface area (Å²) >= 11 is 2.36. The Morgan fingerprint density at radius 2 is 2.00 bits per heavy atom. The molecule has 21 heavy (non-hydrogen) atoms. The van der Waals surface area contributed by atoms with Gasteiger partial charge < -0.3 is 10.1 Å². The Morgan fingerprint density at radius 3 is 2.76 bits per heavy atom.